The van der Waals surface area contributed by atoms with Crippen molar-refractivity contribution in [1.29, 1.82) is 0 Å². The van der Waals surface area contributed by atoms with Gasteiger partial charge in [0.25, 0.3) is 11.8 Å². The summed E-state index contributed by atoms with van der Waals surface area (Å²) in [4.78, 5) is 27.8. The number of hydrogen-bond acceptors (Lipinski definition) is 6. The van der Waals surface area contributed by atoms with Crippen LogP contribution in [0.3, 0.4) is 0 Å². The molecule has 8 heteroatoms. The minimum Gasteiger partial charge on any atom is -0.365 e. The molecule has 2 heterocycles. The van der Waals surface area contributed by atoms with E-state index in [1.165, 1.54) is 0 Å². The lowest BCUT2D eigenvalue weighted by Gasteiger charge is -2.36. The van der Waals surface area contributed by atoms with E-state index in [2.05, 4.69) is 16.1 Å². The number of anilines is 1. The molecule has 0 bridgehead atoms. The first kappa shape index (κ1) is 18.7. The van der Waals surface area contributed by atoms with Crippen LogP contribution in [0.15, 0.2) is 0 Å². The van der Waals surface area contributed by atoms with Crippen LogP contribution in [0.1, 0.15) is 28.5 Å². The van der Waals surface area contributed by atoms with Crippen LogP contribution in [-0.2, 0) is 9.53 Å². The first-order valence-electron chi connectivity index (χ1n) is 8.09. The van der Waals surface area contributed by atoms with Gasteiger partial charge in [-0.2, -0.15) is 5.10 Å². The number of primary amides is 1. The highest BCUT2D eigenvalue weighted by Crippen LogP contribution is 2.23. The maximum atomic E-state index is 12.3. The van der Waals surface area contributed by atoms with Gasteiger partial charge in [0.05, 0.1) is 11.3 Å². The molecular formula is C17H23N5O3. The molecule has 0 radical (unpaired) electrons. The smallest absolute Gasteiger partial charge is 0.252 e. The normalized spacial score (nSPS) is 15.6. The van der Waals surface area contributed by atoms with Crippen LogP contribution in [0.2, 0.25) is 0 Å². The van der Waals surface area contributed by atoms with Gasteiger partial charge in [0, 0.05) is 26.2 Å². The molecule has 1 atom stereocenters. The van der Waals surface area contributed by atoms with Gasteiger partial charge in [-0.1, -0.05) is 5.92 Å². The second-order valence-electron chi connectivity index (χ2n) is 5.94. The first-order valence-corrected chi connectivity index (χ1v) is 8.09. The molecule has 1 aliphatic heterocycles. The SMILES string of the molecule is C#CCO[C@@H](C)C(=O)N1CCN(c2nnc(C)c(C)c2C(N)=O)CC1. The van der Waals surface area contributed by atoms with E-state index in [-0.39, 0.29) is 12.5 Å². The number of aryl methyl sites for hydroxylation is 1. The van der Waals surface area contributed by atoms with Crippen molar-refractivity contribution in [3.8, 4) is 12.3 Å². The molecule has 1 aromatic rings. The minimum atomic E-state index is -0.579. The zero-order chi connectivity index (χ0) is 18.6. The van der Waals surface area contributed by atoms with Crippen molar-refractivity contribution >= 4 is 17.6 Å². The Morgan fingerprint density at radius 1 is 1.28 bits per heavy atom. The van der Waals surface area contributed by atoms with Crippen LogP contribution in [0.5, 0.6) is 0 Å². The van der Waals surface area contributed by atoms with Gasteiger partial charge in [-0.25, -0.2) is 0 Å². The molecule has 0 aromatic carbocycles. The zero-order valence-corrected chi connectivity index (χ0v) is 14.8. The van der Waals surface area contributed by atoms with E-state index < -0.39 is 12.0 Å². The Kier molecular flexibility index (Phi) is 5.93. The third-order valence-corrected chi connectivity index (χ3v) is 4.34. The predicted octanol–water partition coefficient (Wildman–Crippen LogP) is -0.121. The molecule has 0 unspecified atom stereocenters. The summed E-state index contributed by atoms with van der Waals surface area (Å²) in [6, 6.07) is 0. The molecule has 1 aliphatic rings. The minimum absolute atomic E-state index is 0.101. The number of terminal acetylenes is 1. The van der Waals surface area contributed by atoms with Crippen LogP contribution in [0, 0.1) is 26.2 Å². The van der Waals surface area contributed by atoms with Gasteiger partial charge in [-0.05, 0) is 26.3 Å². The predicted molar refractivity (Wildman–Crippen MR) is 93.1 cm³/mol. The van der Waals surface area contributed by atoms with Crippen LogP contribution < -0.4 is 10.6 Å². The van der Waals surface area contributed by atoms with E-state index in [1.54, 1.807) is 25.7 Å². The number of aromatic nitrogens is 2. The van der Waals surface area contributed by atoms with Gasteiger partial charge < -0.3 is 20.3 Å². The monoisotopic (exact) mass is 345 g/mol. The molecule has 0 saturated carbocycles. The Labute approximate surface area is 147 Å². The van der Waals surface area contributed by atoms with E-state index in [4.69, 9.17) is 16.9 Å². The number of nitrogens with two attached hydrogens (primary N) is 1. The van der Waals surface area contributed by atoms with E-state index in [0.29, 0.717) is 43.3 Å². The summed E-state index contributed by atoms with van der Waals surface area (Å²) in [5, 5.41) is 8.25. The molecule has 25 heavy (non-hydrogen) atoms. The number of amides is 2. The van der Waals surface area contributed by atoms with Crippen molar-refractivity contribution in [2.45, 2.75) is 26.9 Å². The lowest BCUT2D eigenvalue weighted by atomic mass is 10.1. The number of carbonyl (C=O) groups excluding carboxylic acids is 2. The molecule has 2 N–H and O–H groups in total. The Balaban J connectivity index is 2.08. The lowest BCUT2D eigenvalue weighted by Crippen LogP contribution is -2.52. The Hall–Kier alpha value is -2.66. The molecule has 1 saturated heterocycles. The average molecular weight is 345 g/mol. The summed E-state index contributed by atoms with van der Waals surface area (Å²) in [5.41, 5.74) is 7.31. The Bertz CT molecular complexity index is 705. The van der Waals surface area contributed by atoms with Gasteiger partial charge >= 0.3 is 0 Å². The molecule has 0 aliphatic carbocycles. The Morgan fingerprint density at radius 3 is 2.48 bits per heavy atom. The maximum Gasteiger partial charge on any atom is 0.252 e. The van der Waals surface area contributed by atoms with Gasteiger partial charge in [-0.3, -0.25) is 9.59 Å². The van der Waals surface area contributed by atoms with Crippen molar-refractivity contribution in [2.75, 3.05) is 37.7 Å². The summed E-state index contributed by atoms with van der Waals surface area (Å²) in [6.07, 6.45) is 4.56. The summed E-state index contributed by atoms with van der Waals surface area (Å²) in [6.45, 7) is 7.44. The van der Waals surface area contributed by atoms with Crippen molar-refractivity contribution in [3.63, 3.8) is 0 Å². The van der Waals surface area contributed by atoms with Crippen LogP contribution in [0.25, 0.3) is 0 Å². The fourth-order valence-corrected chi connectivity index (χ4v) is 2.75. The van der Waals surface area contributed by atoms with Crippen LogP contribution in [-0.4, -0.2) is 65.8 Å². The lowest BCUT2D eigenvalue weighted by molar-refractivity contribution is -0.142. The fourth-order valence-electron chi connectivity index (χ4n) is 2.75. The molecule has 2 amide bonds. The standard InChI is InChI=1S/C17H23N5O3/c1-5-10-25-13(4)17(24)22-8-6-21(7-9-22)16-14(15(18)23)11(2)12(3)19-20-16/h1,13H,6-10H2,2-4H3,(H2,18,23)/t13-/m0/s1. The van der Waals surface area contributed by atoms with Crippen molar-refractivity contribution in [3.05, 3.63) is 16.8 Å². The van der Waals surface area contributed by atoms with Crippen molar-refractivity contribution in [1.82, 2.24) is 15.1 Å². The fraction of sp³-hybridized carbons (Fsp3) is 0.529. The van der Waals surface area contributed by atoms with Gasteiger partial charge in [-0.15, -0.1) is 11.5 Å². The van der Waals surface area contributed by atoms with E-state index >= 15 is 0 Å². The summed E-state index contributed by atoms with van der Waals surface area (Å²) in [7, 11) is 0. The van der Waals surface area contributed by atoms with E-state index in [1.807, 2.05) is 4.90 Å². The molecule has 1 aromatic heterocycles. The second-order valence-corrected chi connectivity index (χ2v) is 5.94. The number of hydrogen-bond donors (Lipinski definition) is 1. The van der Waals surface area contributed by atoms with E-state index in [0.717, 1.165) is 5.56 Å². The highest BCUT2D eigenvalue weighted by Gasteiger charge is 2.28. The van der Waals surface area contributed by atoms with Crippen molar-refractivity contribution in [2.24, 2.45) is 5.73 Å². The first-order chi connectivity index (χ1) is 11.9. The number of rotatable bonds is 5. The second kappa shape index (κ2) is 7.94. The number of piperazine rings is 1. The van der Waals surface area contributed by atoms with Crippen molar-refractivity contribution < 1.29 is 14.3 Å². The molecule has 8 nitrogen and oxygen atoms in total. The highest BCUT2D eigenvalue weighted by atomic mass is 16.5. The maximum absolute atomic E-state index is 12.3. The molecule has 1 fully saturated rings. The van der Waals surface area contributed by atoms with Crippen LogP contribution in [0.4, 0.5) is 5.82 Å². The Morgan fingerprint density at radius 2 is 1.92 bits per heavy atom. The third kappa shape index (κ3) is 4.06. The average Bonchev–Trinajstić information content (AvgIpc) is 2.61. The molecule has 2 rings (SSSR count). The summed E-state index contributed by atoms with van der Waals surface area (Å²) < 4.78 is 5.27. The number of ether oxygens (including phenoxy) is 1. The van der Waals surface area contributed by atoms with Gasteiger partial charge in [0.15, 0.2) is 5.82 Å². The largest absolute Gasteiger partial charge is 0.365 e. The topological polar surface area (TPSA) is 102 Å². The number of carbonyl (C=O) groups is 2. The molecular weight excluding hydrogens is 322 g/mol. The third-order valence-electron chi connectivity index (χ3n) is 4.34. The van der Waals surface area contributed by atoms with Crippen LogP contribution >= 0.6 is 0 Å². The summed E-state index contributed by atoms with van der Waals surface area (Å²) in [5.74, 6) is 2.19. The molecule has 0 spiro atoms. The van der Waals surface area contributed by atoms with Gasteiger partial charge in [0.1, 0.15) is 12.7 Å². The zero-order valence-electron chi connectivity index (χ0n) is 14.8. The highest BCUT2D eigenvalue weighted by molar-refractivity contribution is 5.99. The van der Waals surface area contributed by atoms with Gasteiger partial charge in [0.2, 0.25) is 0 Å². The van der Waals surface area contributed by atoms with E-state index in [9.17, 15) is 9.59 Å². The summed E-state index contributed by atoms with van der Waals surface area (Å²) >= 11 is 0. The quantitative estimate of drug-likeness (QED) is 0.747. The number of nitrogens with zero attached hydrogens (tertiary/aromatic N) is 4. The molecule has 134 valence electrons.